The zero-order chi connectivity index (χ0) is 38.1. The maximum absolute atomic E-state index is 10.9. The van der Waals surface area contributed by atoms with Gasteiger partial charge in [0.25, 0.3) is 0 Å². The first-order valence-electron chi connectivity index (χ1n) is 19.6. The summed E-state index contributed by atoms with van der Waals surface area (Å²) in [5.74, 6) is 1.71. The van der Waals surface area contributed by atoms with Crippen molar-refractivity contribution in [3.63, 3.8) is 0 Å². The van der Waals surface area contributed by atoms with Crippen LogP contribution in [0.5, 0.6) is 17.4 Å². The van der Waals surface area contributed by atoms with Crippen molar-refractivity contribution in [1.29, 1.82) is 0 Å². The van der Waals surface area contributed by atoms with Crippen LogP contribution in [-0.2, 0) is 46.7 Å². The molecular weight excluding hydrogens is 886 g/mol. The molecule has 0 atom stereocenters. The van der Waals surface area contributed by atoms with E-state index in [9.17, 15) is 5.11 Å². The smallest absolute Gasteiger partial charge is 0.227 e. The van der Waals surface area contributed by atoms with Crippen LogP contribution in [0, 0.1) is 11.5 Å². The van der Waals surface area contributed by atoms with Gasteiger partial charge in [0.05, 0.1) is 17.1 Å². The van der Waals surface area contributed by atoms with Gasteiger partial charge in [-0.05, 0) is 94.5 Å². The monoisotopic (exact) mass is 927 g/mol. The van der Waals surface area contributed by atoms with Crippen LogP contribution in [0.25, 0.3) is 55.7 Å². The van der Waals surface area contributed by atoms with E-state index in [4.69, 9.17) is 24.1 Å². The van der Waals surface area contributed by atoms with Crippen molar-refractivity contribution in [1.82, 2.24) is 15.0 Å². The summed E-state index contributed by atoms with van der Waals surface area (Å²) >= 11 is 0. The number of nitrogens with zero attached hydrogens (tertiary/aromatic N) is 3. The Morgan fingerprint density at radius 3 is 2.14 bits per heavy atom. The number of aromatic nitrogens is 3. The molecule has 10 rings (SSSR count). The second kappa shape index (κ2) is 14.4. The van der Waals surface area contributed by atoms with Gasteiger partial charge >= 0.3 is 0 Å². The Labute approximate surface area is 347 Å². The summed E-state index contributed by atoms with van der Waals surface area (Å²) in [6.45, 7) is 8.88. The van der Waals surface area contributed by atoms with Crippen molar-refractivity contribution < 1.29 is 35.3 Å². The number of benzene rings is 4. The minimum atomic E-state index is 0. The van der Waals surface area contributed by atoms with Gasteiger partial charge in [0.15, 0.2) is 0 Å². The van der Waals surface area contributed by atoms with Gasteiger partial charge in [0.2, 0.25) is 11.6 Å². The molecule has 57 heavy (non-hydrogen) atoms. The third-order valence-corrected chi connectivity index (χ3v) is 11.8. The van der Waals surface area contributed by atoms with Crippen LogP contribution >= 0.6 is 0 Å². The average molecular weight is 928 g/mol. The first-order valence-corrected chi connectivity index (χ1v) is 19.6. The van der Waals surface area contributed by atoms with Gasteiger partial charge in [-0.25, -0.2) is 9.97 Å². The van der Waals surface area contributed by atoms with Crippen molar-refractivity contribution in [2.75, 3.05) is 0 Å². The fraction of sp³-hybridized carbons (Fsp3) is 0.220. The molecule has 1 spiro atoms. The van der Waals surface area contributed by atoms with Crippen molar-refractivity contribution in [3.05, 3.63) is 155 Å². The molecule has 0 saturated carbocycles. The molecule has 0 unspecified atom stereocenters. The molecular formula is C50H42N3O3Pt-. The number of pyridine rings is 3. The average Bonchev–Trinajstić information content (AvgIpc) is 3.86. The molecule has 0 radical (unpaired) electrons. The van der Waals surface area contributed by atoms with Crippen LogP contribution in [0.15, 0.2) is 120 Å². The Morgan fingerprint density at radius 1 is 0.702 bits per heavy atom. The van der Waals surface area contributed by atoms with Crippen LogP contribution in [0.3, 0.4) is 0 Å². The summed E-state index contributed by atoms with van der Waals surface area (Å²) < 4.78 is 13.0. The molecule has 4 aromatic heterocycles. The summed E-state index contributed by atoms with van der Waals surface area (Å²) in [6, 6.07) is 40.2. The van der Waals surface area contributed by atoms with Crippen molar-refractivity contribution in [3.8, 4) is 51.0 Å². The second-order valence-corrected chi connectivity index (χ2v) is 16.3. The van der Waals surface area contributed by atoms with Gasteiger partial charge in [-0.3, -0.25) is 4.98 Å². The van der Waals surface area contributed by atoms with Gasteiger partial charge in [-0.15, -0.1) is 11.6 Å². The molecule has 2 aliphatic rings. The van der Waals surface area contributed by atoms with E-state index < -0.39 is 0 Å². The van der Waals surface area contributed by atoms with E-state index in [0.717, 1.165) is 58.9 Å². The van der Waals surface area contributed by atoms with Crippen LogP contribution in [-0.4, -0.2) is 20.1 Å². The zero-order valence-corrected chi connectivity index (χ0v) is 34.6. The molecule has 7 heteroatoms. The number of hydrogen-bond acceptors (Lipinski definition) is 6. The van der Waals surface area contributed by atoms with E-state index in [2.05, 4.69) is 88.4 Å². The van der Waals surface area contributed by atoms with E-state index >= 15 is 0 Å². The Morgan fingerprint density at radius 2 is 1.40 bits per heavy atom. The summed E-state index contributed by atoms with van der Waals surface area (Å²) in [4.78, 5) is 14.9. The second-order valence-electron chi connectivity index (χ2n) is 16.3. The molecule has 0 saturated heterocycles. The summed E-state index contributed by atoms with van der Waals surface area (Å²) in [5, 5.41) is 12.9. The quantitative estimate of drug-likeness (QED) is 0.160. The van der Waals surface area contributed by atoms with Crippen LogP contribution in [0.4, 0.5) is 0 Å². The predicted octanol–water partition coefficient (Wildman–Crippen LogP) is 12.2. The molecule has 2 aliphatic carbocycles. The number of aromatic hydroxyl groups is 1. The van der Waals surface area contributed by atoms with Crippen molar-refractivity contribution in [2.45, 2.75) is 65.2 Å². The molecule has 4 aromatic carbocycles. The summed E-state index contributed by atoms with van der Waals surface area (Å²) in [7, 11) is 0. The number of phenols is 1. The molecule has 0 bridgehead atoms. The number of furan rings is 1. The Kier molecular flexibility index (Phi) is 9.36. The zero-order valence-electron chi connectivity index (χ0n) is 32.4. The largest absolute Gasteiger partial charge is 0.517 e. The number of fused-ring (bicyclic) bond motifs is 5. The fourth-order valence-corrected chi connectivity index (χ4v) is 9.16. The molecule has 8 aromatic rings. The predicted molar refractivity (Wildman–Crippen MR) is 222 cm³/mol. The minimum absolute atomic E-state index is 0. The first-order chi connectivity index (χ1) is 27.2. The van der Waals surface area contributed by atoms with Crippen molar-refractivity contribution >= 4 is 22.1 Å². The third kappa shape index (κ3) is 6.64. The number of hydrogen-bond donors (Lipinski definition) is 1. The number of rotatable bonds is 7. The minimum Gasteiger partial charge on any atom is -0.517 e. The van der Waals surface area contributed by atoms with E-state index in [0.29, 0.717) is 46.1 Å². The third-order valence-electron chi connectivity index (χ3n) is 11.8. The number of ether oxygens (including phenoxy) is 1. The van der Waals surface area contributed by atoms with Crippen LogP contribution in [0.2, 0.25) is 0 Å². The van der Waals surface area contributed by atoms with Gasteiger partial charge in [-0.1, -0.05) is 118 Å². The van der Waals surface area contributed by atoms with E-state index in [1.165, 1.54) is 33.4 Å². The van der Waals surface area contributed by atoms with Gasteiger partial charge in [0.1, 0.15) is 5.58 Å². The standard InChI is InChI=1S/C50H42N3O3.Pt/c1-29(2)37-14-9-15-38(30(3)4)48(37)34-19-33(39-13-7-8-17-45(39)54)20-36(21-34)55-47-18-10-16-42(52-47)43-23-46-41(28-51-43)40-22-35-26-50(27-44(35)53-49(40)56-46)24-31-11-5-6-12-32(31)25-50;/h5-19,21-23,28-30,54H,24-27H2,1-4H3;/q-1;. The summed E-state index contributed by atoms with van der Waals surface area (Å²) in [6.07, 6.45) is 6.10. The van der Waals surface area contributed by atoms with Gasteiger partial charge in [0, 0.05) is 61.6 Å². The van der Waals surface area contributed by atoms with Gasteiger partial charge in [-0.2, -0.15) is 0 Å². The van der Waals surface area contributed by atoms with Crippen LogP contribution in [0.1, 0.15) is 73.0 Å². The molecule has 6 nitrogen and oxygen atoms in total. The fourth-order valence-electron chi connectivity index (χ4n) is 9.16. The maximum Gasteiger partial charge on any atom is 0.227 e. The Bertz CT molecular complexity index is 2790. The maximum atomic E-state index is 10.9. The SMILES string of the molecule is CC(C)c1cccc(C(C)C)c1-c1cc(Oc2cccc(-c3cc4oc5nc6c(cc5c4cn3)CC3(Cc4ccccc4C3)C6)n2)[c-]c(-c2ccccc2O)c1.[Pt]. The van der Waals surface area contributed by atoms with Gasteiger partial charge < -0.3 is 14.3 Å². The molecule has 4 heterocycles. The topological polar surface area (TPSA) is 81.3 Å². The Hall–Kier alpha value is -5.58. The molecule has 0 aliphatic heterocycles. The van der Waals surface area contributed by atoms with E-state index in [-0.39, 0.29) is 32.2 Å². The first kappa shape index (κ1) is 37.0. The van der Waals surface area contributed by atoms with E-state index in [1.54, 1.807) is 6.07 Å². The molecule has 1 N–H and O–H groups in total. The molecule has 0 amide bonds. The van der Waals surface area contributed by atoms with E-state index in [1.807, 2.05) is 54.7 Å². The molecule has 0 fully saturated rings. The number of para-hydroxylation sites is 1. The van der Waals surface area contributed by atoms with Crippen LogP contribution < -0.4 is 4.74 Å². The molecule has 286 valence electrons. The summed E-state index contributed by atoms with van der Waals surface area (Å²) in [5.41, 5.74) is 14.5. The normalized spacial score (nSPS) is 14.1. The Balaban J connectivity index is 0.00000422. The number of phenolic OH excluding ortho intramolecular Hbond substituents is 1. The van der Waals surface area contributed by atoms with Crippen molar-refractivity contribution in [2.24, 2.45) is 5.41 Å².